The smallest absolute Gasteiger partial charge is 0.134 e. The number of para-hydroxylation sites is 1. The van der Waals surface area contributed by atoms with Crippen molar-refractivity contribution in [1.29, 1.82) is 5.26 Å². The molecule has 3 heteroatoms. The molecule has 0 aliphatic rings. The van der Waals surface area contributed by atoms with Gasteiger partial charge in [-0.25, -0.2) is 4.98 Å². The van der Waals surface area contributed by atoms with Crippen LogP contribution in [0.5, 0.6) is 0 Å². The van der Waals surface area contributed by atoms with Crippen molar-refractivity contribution >= 4 is 27.1 Å². The van der Waals surface area contributed by atoms with Crippen molar-refractivity contribution in [2.24, 2.45) is 5.41 Å². The van der Waals surface area contributed by atoms with Crippen molar-refractivity contribution < 1.29 is 0 Å². The van der Waals surface area contributed by atoms with Gasteiger partial charge in [0.15, 0.2) is 0 Å². The van der Waals surface area contributed by atoms with Gasteiger partial charge in [0.05, 0.1) is 15.8 Å². The summed E-state index contributed by atoms with van der Waals surface area (Å²) < 4.78 is 1.13. The average molecular weight is 270 g/mol. The van der Waals surface area contributed by atoms with Crippen molar-refractivity contribution in [1.82, 2.24) is 4.98 Å². The van der Waals surface area contributed by atoms with E-state index in [1.807, 2.05) is 24.3 Å². The Morgan fingerprint density at radius 3 is 2.79 bits per heavy atom. The van der Waals surface area contributed by atoms with E-state index >= 15 is 0 Å². The number of hydrogen-bond donors (Lipinski definition) is 0. The lowest BCUT2D eigenvalue weighted by Crippen LogP contribution is -2.07. The molecule has 0 N–H and O–H groups in total. The Hall–Kier alpha value is -1.66. The summed E-state index contributed by atoms with van der Waals surface area (Å²) in [7, 11) is 0. The number of nitriles is 1. The first-order valence-corrected chi connectivity index (χ1v) is 7.36. The van der Waals surface area contributed by atoms with Crippen molar-refractivity contribution in [3.8, 4) is 6.07 Å². The summed E-state index contributed by atoms with van der Waals surface area (Å²) in [6.07, 6.45) is 4.25. The zero-order chi connectivity index (χ0) is 13.9. The fourth-order valence-corrected chi connectivity index (χ4v) is 3.17. The van der Waals surface area contributed by atoms with E-state index < -0.39 is 0 Å². The molecule has 0 bridgehead atoms. The van der Waals surface area contributed by atoms with Crippen LogP contribution >= 0.6 is 11.3 Å². The molecular weight excluding hydrogens is 252 g/mol. The Kier molecular flexibility index (Phi) is 4.01. The molecule has 0 aliphatic heterocycles. The molecule has 0 aliphatic carbocycles. The predicted molar refractivity (Wildman–Crippen MR) is 81.9 cm³/mol. The zero-order valence-electron chi connectivity index (χ0n) is 11.6. The Morgan fingerprint density at radius 2 is 2.16 bits per heavy atom. The zero-order valence-corrected chi connectivity index (χ0v) is 12.4. The molecule has 0 radical (unpaired) electrons. The van der Waals surface area contributed by atoms with Crippen LogP contribution in [-0.4, -0.2) is 4.98 Å². The monoisotopic (exact) mass is 270 g/mol. The average Bonchev–Trinajstić information content (AvgIpc) is 2.79. The maximum atomic E-state index is 9.38. The lowest BCUT2D eigenvalue weighted by Gasteiger charge is -2.19. The molecule has 2 rings (SSSR count). The molecule has 2 nitrogen and oxygen atoms in total. The first-order valence-electron chi connectivity index (χ1n) is 6.54. The van der Waals surface area contributed by atoms with E-state index in [-0.39, 0.29) is 5.41 Å². The van der Waals surface area contributed by atoms with Crippen LogP contribution in [0.2, 0.25) is 0 Å². The third kappa shape index (κ3) is 3.21. The molecule has 0 spiro atoms. The minimum absolute atomic E-state index is 0.0394. The lowest BCUT2D eigenvalue weighted by atomic mass is 9.86. The fraction of sp³-hybridized carbons (Fsp3) is 0.375. The summed E-state index contributed by atoms with van der Waals surface area (Å²) in [4.78, 5) is 4.56. The predicted octanol–water partition coefficient (Wildman–Crippen LogP) is 5.03. The van der Waals surface area contributed by atoms with Crippen LogP contribution in [0.3, 0.4) is 0 Å². The van der Waals surface area contributed by atoms with Gasteiger partial charge in [-0.3, -0.25) is 0 Å². The number of rotatable bonds is 4. The molecule has 0 amide bonds. The molecule has 0 saturated heterocycles. The van der Waals surface area contributed by atoms with E-state index in [4.69, 9.17) is 0 Å². The molecule has 98 valence electrons. The lowest BCUT2D eigenvalue weighted by molar-refractivity contribution is 0.433. The number of thiazole rings is 1. The summed E-state index contributed by atoms with van der Waals surface area (Å²) in [5, 5.41) is 10.2. The number of hydrogen-bond acceptors (Lipinski definition) is 3. The van der Waals surface area contributed by atoms with Crippen LogP contribution in [0.4, 0.5) is 0 Å². The molecular formula is C16H18N2S. The van der Waals surface area contributed by atoms with Gasteiger partial charge in [-0.1, -0.05) is 45.4 Å². The normalized spacial score (nSPS) is 12.6. The number of allylic oxidation sites excluding steroid dienone is 2. The summed E-state index contributed by atoms with van der Waals surface area (Å²) in [5.41, 5.74) is 1.70. The Labute approximate surface area is 118 Å². The molecule has 0 saturated carbocycles. The van der Waals surface area contributed by atoms with Gasteiger partial charge in [0, 0.05) is 0 Å². The summed E-state index contributed by atoms with van der Waals surface area (Å²) in [6, 6.07) is 10.3. The van der Waals surface area contributed by atoms with Crippen molar-refractivity contribution in [2.75, 3.05) is 0 Å². The van der Waals surface area contributed by atoms with Crippen molar-refractivity contribution in [2.45, 2.75) is 33.6 Å². The standard InChI is InChI=1S/C16H18N2S/c1-4-9-16(2,3)10-12(11-17)15-18-13-7-5-6-8-14(13)19-15/h5-8,10H,4,9H2,1-3H3/b12-10+. The van der Waals surface area contributed by atoms with E-state index in [0.29, 0.717) is 5.57 Å². The number of fused-ring (bicyclic) bond motifs is 1. The Balaban J connectivity index is 2.42. The number of nitrogens with zero attached hydrogens (tertiary/aromatic N) is 2. The highest BCUT2D eigenvalue weighted by molar-refractivity contribution is 7.19. The van der Waals surface area contributed by atoms with Gasteiger partial charge in [-0.15, -0.1) is 11.3 Å². The SMILES string of the molecule is CCCC(C)(C)/C=C(\C#N)c1nc2ccccc2s1. The second-order valence-corrected chi connectivity index (χ2v) is 6.43. The number of benzene rings is 1. The largest absolute Gasteiger partial charge is 0.235 e. The molecule has 19 heavy (non-hydrogen) atoms. The quantitative estimate of drug-likeness (QED) is 0.731. The van der Waals surface area contributed by atoms with Crippen LogP contribution in [0.15, 0.2) is 30.3 Å². The Bertz CT molecular complexity index is 611. The van der Waals surface area contributed by atoms with E-state index in [0.717, 1.165) is 28.1 Å². The molecule has 1 aromatic heterocycles. The van der Waals surface area contributed by atoms with Crippen molar-refractivity contribution in [3.63, 3.8) is 0 Å². The van der Waals surface area contributed by atoms with Crippen LogP contribution in [0.1, 0.15) is 38.6 Å². The summed E-state index contributed by atoms with van der Waals surface area (Å²) in [5.74, 6) is 0. The van der Waals surface area contributed by atoms with Gasteiger partial charge in [0.25, 0.3) is 0 Å². The molecule has 1 heterocycles. The fourth-order valence-electron chi connectivity index (χ4n) is 2.24. The second-order valence-electron chi connectivity index (χ2n) is 5.40. The highest BCUT2D eigenvalue weighted by atomic mass is 32.1. The number of aromatic nitrogens is 1. The third-order valence-corrected chi connectivity index (χ3v) is 4.14. The molecule has 0 unspecified atom stereocenters. The van der Waals surface area contributed by atoms with E-state index in [1.165, 1.54) is 0 Å². The third-order valence-electron chi connectivity index (χ3n) is 3.07. The second kappa shape index (κ2) is 5.54. The van der Waals surface area contributed by atoms with Crippen molar-refractivity contribution in [3.05, 3.63) is 35.3 Å². The molecule has 0 fully saturated rings. The molecule has 2 aromatic rings. The van der Waals surface area contributed by atoms with Gasteiger partial charge < -0.3 is 0 Å². The first-order chi connectivity index (χ1) is 9.05. The van der Waals surface area contributed by atoms with Crippen LogP contribution in [-0.2, 0) is 0 Å². The van der Waals surface area contributed by atoms with E-state index in [1.54, 1.807) is 11.3 Å². The van der Waals surface area contributed by atoms with Crippen LogP contribution in [0.25, 0.3) is 15.8 Å². The molecule has 1 aromatic carbocycles. The van der Waals surface area contributed by atoms with Crippen LogP contribution < -0.4 is 0 Å². The Morgan fingerprint density at radius 1 is 1.42 bits per heavy atom. The highest BCUT2D eigenvalue weighted by Gasteiger charge is 2.17. The van der Waals surface area contributed by atoms with Crippen LogP contribution in [0, 0.1) is 16.7 Å². The van der Waals surface area contributed by atoms with Gasteiger partial charge in [0.2, 0.25) is 0 Å². The van der Waals surface area contributed by atoms with E-state index in [9.17, 15) is 5.26 Å². The minimum Gasteiger partial charge on any atom is -0.235 e. The van der Waals surface area contributed by atoms with Gasteiger partial charge in [-0.05, 0) is 24.0 Å². The van der Waals surface area contributed by atoms with Gasteiger partial charge >= 0.3 is 0 Å². The minimum atomic E-state index is 0.0394. The van der Waals surface area contributed by atoms with Gasteiger partial charge in [-0.2, -0.15) is 5.26 Å². The topological polar surface area (TPSA) is 36.7 Å². The maximum Gasteiger partial charge on any atom is 0.134 e. The van der Waals surface area contributed by atoms with Gasteiger partial charge in [0.1, 0.15) is 11.1 Å². The first kappa shape index (κ1) is 13.8. The summed E-state index contributed by atoms with van der Waals surface area (Å²) >= 11 is 1.59. The molecule has 0 atom stereocenters. The summed E-state index contributed by atoms with van der Waals surface area (Å²) in [6.45, 7) is 6.50. The van der Waals surface area contributed by atoms with E-state index in [2.05, 4.69) is 37.9 Å². The highest BCUT2D eigenvalue weighted by Crippen LogP contribution is 2.32. The maximum absolute atomic E-state index is 9.38.